The van der Waals surface area contributed by atoms with Crippen LogP contribution in [0, 0.1) is 12.7 Å². The number of ether oxygens (including phenoxy) is 2. The van der Waals surface area contributed by atoms with E-state index in [0.717, 1.165) is 11.3 Å². The number of halogens is 2. The van der Waals surface area contributed by atoms with E-state index in [2.05, 4.69) is 10.1 Å². The number of nitrogens with two attached hydrogens (primary N) is 1. The van der Waals surface area contributed by atoms with Crippen LogP contribution in [0.1, 0.15) is 16.8 Å². The average Bonchev–Trinajstić information content (AvgIpc) is 2.97. The Balaban J connectivity index is 1.75. The first-order valence-electron chi connectivity index (χ1n) is 8.07. The second kappa shape index (κ2) is 8.09. The molecule has 0 spiro atoms. The third-order valence-corrected chi connectivity index (χ3v) is 4.10. The number of rotatable bonds is 6. The van der Waals surface area contributed by atoms with Crippen LogP contribution in [0.15, 0.2) is 47.7 Å². The highest BCUT2D eigenvalue weighted by Gasteiger charge is 2.08. The molecule has 0 amide bonds. The van der Waals surface area contributed by atoms with Gasteiger partial charge in [-0.3, -0.25) is 0 Å². The Hall–Kier alpha value is -3.06. The molecule has 0 aliphatic rings. The number of anilines is 1. The van der Waals surface area contributed by atoms with Crippen LogP contribution < -0.4 is 15.2 Å². The van der Waals surface area contributed by atoms with Crippen molar-refractivity contribution in [1.82, 2.24) is 9.66 Å². The maximum Gasteiger partial charge on any atom is 0.221 e. The number of methoxy groups -OCH3 is 1. The van der Waals surface area contributed by atoms with E-state index < -0.39 is 5.82 Å². The minimum atomic E-state index is -0.390. The number of aromatic nitrogens is 2. The fourth-order valence-corrected chi connectivity index (χ4v) is 2.62. The molecule has 0 unspecified atom stereocenters. The second-order valence-corrected chi connectivity index (χ2v) is 6.17. The van der Waals surface area contributed by atoms with Gasteiger partial charge in [0.1, 0.15) is 12.4 Å². The predicted octanol–water partition coefficient (Wildman–Crippen LogP) is 4.04. The molecule has 2 aromatic carbocycles. The molecule has 0 atom stereocenters. The van der Waals surface area contributed by atoms with E-state index >= 15 is 0 Å². The lowest BCUT2D eigenvalue weighted by Gasteiger charge is -2.12. The fraction of sp³-hybridized carbons (Fsp3) is 0.158. The van der Waals surface area contributed by atoms with Crippen LogP contribution in [0.5, 0.6) is 11.5 Å². The summed E-state index contributed by atoms with van der Waals surface area (Å²) in [6, 6.07) is 9.55. The SMILES string of the molecule is COc1cc(C=Nn2cc(C)nc2N)ccc1OCc1ccc(F)cc1Cl. The van der Waals surface area contributed by atoms with Gasteiger partial charge in [0.2, 0.25) is 5.95 Å². The van der Waals surface area contributed by atoms with Crippen LogP contribution in [0.2, 0.25) is 5.02 Å². The van der Waals surface area contributed by atoms with Gasteiger partial charge in [0.05, 0.1) is 30.2 Å². The molecule has 0 aliphatic carbocycles. The largest absolute Gasteiger partial charge is 0.493 e. The predicted molar refractivity (Wildman–Crippen MR) is 103 cm³/mol. The Morgan fingerprint density at radius 3 is 2.74 bits per heavy atom. The molecule has 3 aromatic rings. The van der Waals surface area contributed by atoms with Crippen molar-refractivity contribution in [2.24, 2.45) is 5.10 Å². The average molecular weight is 389 g/mol. The zero-order chi connectivity index (χ0) is 19.4. The summed E-state index contributed by atoms with van der Waals surface area (Å²) in [7, 11) is 1.55. The lowest BCUT2D eigenvalue weighted by atomic mass is 10.2. The Kier molecular flexibility index (Phi) is 5.61. The van der Waals surface area contributed by atoms with Gasteiger partial charge in [0, 0.05) is 5.56 Å². The van der Waals surface area contributed by atoms with E-state index in [4.69, 9.17) is 26.8 Å². The van der Waals surface area contributed by atoms with Crippen LogP contribution in [0.25, 0.3) is 0 Å². The first-order chi connectivity index (χ1) is 13.0. The van der Waals surface area contributed by atoms with Crippen molar-refractivity contribution in [2.45, 2.75) is 13.5 Å². The van der Waals surface area contributed by atoms with Gasteiger partial charge in [-0.25, -0.2) is 14.1 Å². The van der Waals surface area contributed by atoms with E-state index in [9.17, 15) is 4.39 Å². The summed E-state index contributed by atoms with van der Waals surface area (Å²) in [5.74, 6) is 0.991. The summed E-state index contributed by atoms with van der Waals surface area (Å²) in [5.41, 5.74) is 8.02. The molecule has 0 radical (unpaired) electrons. The maximum atomic E-state index is 13.1. The second-order valence-electron chi connectivity index (χ2n) is 5.76. The third-order valence-electron chi connectivity index (χ3n) is 3.75. The molecule has 27 heavy (non-hydrogen) atoms. The topological polar surface area (TPSA) is 74.7 Å². The monoisotopic (exact) mass is 388 g/mol. The van der Waals surface area contributed by atoms with E-state index in [0.29, 0.717) is 28.0 Å². The molecular formula is C19H18ClFN4O2. The first kappa shape index (κ1) is 18.7. The summed E-state index contributed by atoms with van der Waals surface area (Å²) in [6.45, 7) is 2.03. The van der Waals surface area contributed by atoms with Crippen LogP contribution in [0.3, 0.4) is 0 Å². The van der Waals surface area contributed by atoms with Gasteiger partial charge in [-0.05, 0) is 42.8 Å². The first-order valence-corrected chi connectivity index (χ1v) is 8.44. The van der Waals surface area contributed by atoms with Gasteiger partial charge >= 0.3 is 0 Å². The lowest BCUT2D eigenvalue weighted by Crippen LogP contribution is -2.00. The lowest BCUT2D eigenvalue weighted by molar-refractivity contribution is 0.284. The fourth-order valence-electron chi connectivity index (χ4n) is 2.40. The maximum absolute atomic E-state index is 13.1. The van der Waals surface area contributed by atoms with E-state index in [1.807, 2.05) is 13.0 Å². The van der Waals surface area contributed by atoms with Crippen molar-refractivity contribution >= 4 is 23.8 Å². The van der Waals surface area contributed by atoms with Gasteiger partial charge in [0.25, 0.3) is 0 Å². The van der Waals surface area contributed by atoms with Crippen LogP contribution in [-0.4, -0.2) is 23.0 Å². The van der Waals surface area contributed by atoms with Crippen molar-refractivity contribution in [1.29, 1.82) is 0 Å². The number of hydrogen-bond donors (Lipinski definition) is 1. The molecule has 1 heterocycles. The molecule has 8 heteroatoms. The number of nitrogen functional groups attached to an aromatic ring is 1. The normalized spacial score (nSPS) is 11.1. The standard InChI is InChI=1S/C19H18ClFN4O2/c1-12-10-25(19(22)24-12)23-9-13-3-6-17(18(7-13)26-2)27-11-14-4-5-15(21)8-16(14)20/h3-10H,11H2,1-2H3,(H2,22,24). The highest BCUT2D eigenvalue weighted by atomic mass is 35.5. The van der Waals surface area contributed by atoms with E-state index in [1.165, 1.54) is 16.8 Å². The highest BCUT2D eigenvalue weighted by Crippen LogP contribution is 2.29. The molecule has 0 fully saturated rings. The number of imidazole rings is 1. The number of nitrogens with zero attached hydrogens (tertiary/aromatic N) is 3. The minimum Gasteiger partial charge on any atom is -0.493 e. The summed E-state index contributed by atoms with van der Waals surface area (Å²) in [4.78, 5) is 4.08. The molecule has 2 N–H and O–H groups in total. The smallest absolute Gasteiger partial charge is 0.221 e. The molecule has 0 saturated heterocycles. The van der Waals surface area contributed by atoms with Gasteiger partial charge in [0.15, 0.2) is 11.5 Å². The van der Waals surface area contributed by atoms with Gasteiger partial charge in [-0.15, -0.1) is 0 Å². The summed E-state index contributed by atoms with van der Waals surface area (Å²) in [5, 5.41) is 4.58. The molecular weight excluding hydrogens is 371 g/mol. The van der Waals surface area contributed by atoms with Crippen molar-refractivity contribution in [2.75, 3.05) is 12.8 Å². The zero-order valence-corrected chi connectivity index (χ0v) is 15.6. The van der Waals surface area contributed by atoms with Crippen molar-refractivity contribution in [3.05, 3.63) is 70.3 Å². The van der Waals surface area contributed by atoms with Crippen molar-refractivity contribution in [3.8, 4) is 11.5 Å². The van der Waals surface area contributed by atoms with Gasteiger partial charge in [-0.2, -0.15) is 5.10 Å². The summed E-state index contributed by atoms with van der Waals surface area (Å²) >= 11 is 6.02. The highest BCUT2D eigenvalue weighted by molar-refractivity contribution is 6.31. The number of benzene rings is 2. The Bertz CT molecular complexity index is 988. The Labute approximate surface area is 161 Å². The van der Waals surface area contributed by atoms with Crippen LogP contribution in [-0.2, 0) is 6.61 Å². The van der Waals surface area contributed by atoms with Gasteiger partial charge < -0.3 is 15.2 Å². The Morgan fingerprint density at radius 2 is 2.07 bits per heavy atom. The van der Waals surface area contributed by atoms with Crippen LogP contribution in [0.4, 0.5) is 10.3 Å². The molecule has 140 valence electrons. The zero-order valence-electron chi connectivity index (χ0n) is 14.8. The molecule has 1 aromatic heterocycles. The van der Waals surface area contributed by atoms with E-state index in [-0.39, 0.29) is 6.61 Å². The van der Waals surface area contributed by atoms with E-state index in [1.54, 1.807) is 37.7 Å². The summed E-state index contributed by atoms with van der Waals surface area (Å²) < 4.78 is 25.8. The quantitative estimate of drug-likeness (QED) is 0.647. The molecule has 0 bridgehead atoms. The molecule has 3 rings (SSSR count). The summed E-state index contributed by atoms with van der Waals surface area (Å²) in [6.07, 6.45) is 3.37. The number of aryl methyl sites for hydroxylation is 1. The van der Waals surface area contributed by atoms with Crippen molar-refractivity contribution < 1.29 is 13.9 Å². The molecule has 0 aliphatic heterocycles. The molecule has 0 saturated carbocycles. The van der Waals surface area contributed by atoms with Crippen LogP contribution >= 0.6 is 11.6 Å². The third kappa shape index (κ3) is 4.57. The minimum absolute atomic E-state index is 0.188. The molecule has 6 nitrogen and oxygen atoms in total. The Morgan fingerprint density at radius 1 is 1.26 bits per heavy atom. The number of hydrogen-bond acceptors (Lipinski definition) is 5. The van der Waals surface area contributed by atoms with Crippen molar-refractivity contribution in [3.63, 3.8) is 0 Å². The van der Waals surface area contributed by atoms with Gasteiger partial charge in [-0.1, -0.05) is 17.7 Å².